The number of aliphatic hydroxyl groups is 1. The van der Waals surface area contributed by atoms with Gasteiger partial charge in [-0.1, -0.05) is 278 Å². The number of hydrogen-bond acceptors (Lipinski definition) is 15. The number of ether oxygens (including phenoxy) is 4. The van der Waals surface area contributed by atoms with Gasteiger partial charge < -0.3 is 33.8 Å². The van der Waals surface area contributed by atoms with Crippen LogP contribution < -0.4 is 0 Å². The minimum absolute atomic E-state index is 0.0320. The third-order valence-corrected chi connectivity index (χ3v) is 17.6. The quantitative estimate of drug-likeness (QED) is 0.0169. The molecule has 0 fully saturated rings. The van der Waals surface area contributed by atoms with E-state index in [1.165, 1.54) is 77.0 Å². The Balaban J connectivity index is 5.38. The molecule has 0 saturated heterocycles. The molecule has 3 N–H and O–H groups in total. The minimum atomic E-state index is -4.99. The van der Waals surface area contributed by atoms with Crippen LogP contribution in [-0.4, -0.2) is 96.7 Å². The fourth-order valence-electron chi connectivity index (χ4n) is 9.93. The largest absolute Gasteiger partial charge is 0.472 e. The minimum Gasteiger partial charge on any atom is -0.462 e. The van der Waals surface area contributed by atoms with Gasteiger partial charge in [-0.05, 0) is 116 Å². The molecule has 0 radical (unpaired) electrons. The summed E-state index contributed by atoms with van der Waals surface area (Å²) >= 11 is 0. The fraction of sp³-hybridized carbons (Fsp3) is 0.722. The number of esters is 4. The zero-order chi connectivity index (χ0) is 71.8. The third kappa shape index (κ3) is 70.2. The molecular weight excluding hydrogens is 1280 g/mol. The van der Waals surface area contributed by atoms with Crippen molar-refractivity contribution in [1.29, 1.82) is 0 Å². The van der Waals surface area contributed by atoms with Gasteiger partial charge >= 0.3 is 39.5 Å². The van der Waals surface area contributed by atoms with E-state index in [9.17, 15) is 43.2 Å². The van der Waals surface area contributed by atoms with E-state index in [0.717, 1.165) is 148 Å². The molecular formula is C79H136O17P2. The Labute approximate surface area is 594 Å². The molecule has 0 rings (SSSR count). The van der Waals surface area contributed by atoms with Gasteiger partial charge in [0.25, 0.3) is 0 Å². The van der Waals surface area contributed by atoms with Gasteiger partial charge in [0.1, 0.15) is 19.3 Å². The maximum absolute atomic E-state index is 13.1. The number of carbonyl (C=O) groups is 4. The van der Waals surface area contributed by atoms with Gasteiger partial charge in [-0.15, -0.1) is 0 Å². The SMILES string of the molecule is CC/C=C\C/C=C\C/C=C\C/C=C\C/C=C\C/C=C\CCC(=O)OCC(COP(=O)(O)OCC(O)COP(=O)(O)OCC(COC(=O)CCCCCCC/C=C\CCCCCCCC)OC(=O)CCCCCCCCCCCCC)OC(=O)CCCCCCC/C=C\C/C=C\CCC. The molecule has 0 aliphatic heterocycles. The van der Waals surface area contributed by atoms with Crippen LogP contribution in [0.1, 0.15) is 310 Å². The van der Waals surface area contributed by atoms with Crippen molar-refractivity contribution < 1.29 is 80.2 Å². The molecule has 0 aliphatic carbocycles. The summed E-state index contributed by atoms with van der Waals surface area (Å²) in [6, 6.07) is 0. The van der Waals surface area contributed by atoms with Crippen LogP contribution in [0.5, 0.6) is 0 Å². The Hall–Kier alpha value is -4.28. The molecule has 17 nitrogen and oxygen atoms in total. The van der Waals surface area contributed by atoms with Crippen molar-refractivity contribution in [2.24, 2.45) is 0 Å². The van der Waals surface area contributed by atoms with E-state index in [1.54, 1.807) is 0 Å². The van der Waals surface area contributed by atoms with Crippen molar-refractivity contribution >= 4 is 39.5 Å². The molecule has 0 aromatic carbocycles. The van der Waals surface area contributed by atoms with Crippen LogP contribution in [-0.2, 0) is 65.4 Å². The van der Waals surface area contributed by atoms with Gasteiger partial charge in [0.2, 0.25) is 0 Å². The molecule has 0 aromatic rings. The highest BCUT2D eigenvalue weighted by atomic mass is 31.2. The fourth-order valence-corrected chi connectivity index (χ4v) is 11.5. The molecule has 0 aromatic heterocycles. The number of phosphoric acid groups is 2. The molecule has 564 valence electrons. The molecule has 0 bridgehead atoms. The van der Waals surface area contributed by atoms with Crippen molar-refractivity contribution in [3.8, 4) is 0 Å². The number of aliphatic hydroxyl groups excluding tert-OH is 1. The lowest BCUT2D eigenvalue weighted by Gasteiger charge is -2.21. The van der Waals surface area contributed by atoms with Crippen LogP contribution in [0.4, 0.5) is 0 Å². The standard InChI is InChI=1S/C79H136O17P2/c1-5-9-13-17-21-25-29-32-34-35-36-37-39-42-45-48-52-56-60-64-77(82)90-70-75(96-79(84)66-62-58-54-50-46-40-31-27-23-19-15-11-7-3)72-94-98(87,88)92-68-73(80)67-91-97(85,86)93-71-74(95-78(83)65-61-57-53-49-43-28-24-20-16-12-8-4)69-89-76(81)63-59-55-51-47-44-41-38-33-30-26-22-18-14-10-6-2/h9,13,15,19,21,25,27,31-34,36-38,42,45,52,56,73-75,80H,5-8,10-12,14,16-18,20,22-24,26,28-30,35,39-41,43-44,46-51,53-55,57-72H2,1-4H3,(H,85,86)(H,87,88)/b13-9-,19-15-,25-21-,31-27-,34-32-,37-36-,38-33-,45-42-,56-52-. The molecule has 0 saturated carbocycles. The molecule has 5 atom stereocenters. The monoisotopic (exact) mass is 1420 g/mol. The zero-order valence-corrected chi connectivity index (χ0v) is 63.2. The maximum atomic E-state index is 13.1. The highest BCUT2D eigenvalue weighted by Gasteiger charge is 2.30. The highest BCUT2D eigenvalue weighted by molar-refractivity contribution is 7.47. The Morgan fingerprint density at radius 2 is 0.571 bits per heavy atom. The summed E-state index contributed by atoms with van der Waals surface area (Å²) in [6.07, 6.45) is 75.3. The second kappa shape index (κ2) is 71.1. The van der Waals surface area contributed by atoms with Gasteiger partial charge in [0, 0.05) is 25.7 Å². The number of hydrogen-bond donors (Lipinski definition) is 3. The van der Waals surface area contributed by atoms with Crippen LogP contribution in [0.2, 0.25) is 0 Å². The number of unbranched alkanes of at least 4 members (excludes halogenated alkanes) is 27. The second-order valence-corrected chi connectivity index (χ2v) is 28.1. The van der Waals surface area contributed by atoms with Crippen molar-refractivity contribution in [1.82, 2.24) is 0 Å². The normalized spacial score (nSPS) is 14.6. The Bertz CT molecular complexity index is 2290. The zero-order valence-electron chi connectivity index (χ0n) is 61.4. The Morgan fingerprint density at radius 1 is 0.296 bits per heavy atom. The van der Waals surface area contributed by atoms with Gasteiger partial charge in [-0.3, -0.25) is 37.3 Å². The lowest BCUT2D eigenvalue weighted by atomic mass is 10.1. The van der Waals surface area contributed by atoms with Crippen LogP contribution >= 0.6 is 15.6 Å². The summed E-state index contributed by atoms with van der Waals surface area (Å²) in [7, 11) is -9.97. The third-order valence-electron chi connectivity index (χ3n) is 15.7. The first-order valence-electron chi connectivity index (χ1n) is 38.1. The number of allylic oxidation sites excluding steroid dienone is 18. The van der Waals surface area contributed by atoms with Crippen molar-refractivity contribution in [3.63, 3.8) is 0 Å². The average molecular weight is 1420 g/mol. The first-order chi connectivity index (χ1) is 47.7. The van der Waals surface area contributed by atoms with Crippen molar-refractivity contribution in [3.05, 3.63) is 109 Å². The second-order valence-electron chi connectivity index (χ2n) is 25.2. The molecule has 0 heterocycles. The van der Waals surface area contributed by atoms with Crippen LogP contribution in [0, 0.1) is 0 Å². The molecule has 0 amide bonds. The summed E-state index contributed by atoms with van der Waals surface area (Å²) in [5, 5.41) is 10.6. The van der Waals surface area contributed by atoms with E-state index in [4.69, 9.17) is 37.0 Å². The number of rotatable bonds is 71. The van der Waals surface area contributed by atoms with E-state index in [1.807, 2.05) is 18.2 Å². The maximum Gasteiger partial charge on any atom is 0.472 e. The van der Waals surface area contributed by atoms with Gasteiger partial charge in [-0.25, -0.2) is 9.13 Å². The topological polar surface area (TPSA) is 237 Å². The summed E-state index contributed by atoms with van der Waals surface area (Å²) in [6.45, 7) is 4.58. The van der Waals surface area contributed by atoms with E-state index >= 15 is 0 Å². The Morgan fingerprint density at radius 3 is 0.929 bits per heavy atom. The van der Waals surface area contributed by atoms with Crippen LogP contribution in [0.15, 0.2) is 109 Å². The first kappa shape index (κ1) is 93.7. The van der Waals surface area contributed by atoms with E-state index in [2.05, 4.69) is 119 Å². The van der Waals surface area contributed by atoms with E-state index in [-0.39, 0.29) is 25.7 Å². The number of carbonyl (C=O) groups excluding carboxylic acids is 4. The van der Waals surface area contributed by atoms with Gasteiger partial charge in [-0.2, -0.15) is 0 Å². The Kier molecular flexibility index (Phi) is 68.0. The lowest BCUT2D eigenvalue weighted by molar-refractivity contribution is -0.161. The van der Waals surface area contributed by atoms with Crippen molar-refractivity contribution in [2.75, 3.05) is 39.6 Å². The first-order valence-corrected chi connectivity index (χ1v) is 41.1. The van der Waals surface area contributed by atoms with Crippen LogP contribution in [0.3, 0.4) is 0 Å². The van der Waals surface area contributed by atoms with E-state index < -0.39 is 97.5 Å². The summed E-state index contributed by atoms with van der Waals surface area (Å²) in [4.78, 5) is 72.7. The van der Waals surface area contributed by atoms with Crippen LogP contribution in [0.25, 0.3) is 0 Å². The van der Waals surface area contributed by atoms with Crippen molar-refractivity contribution in [2.45, 2.75) is 329 Å². The molecule has 0 spiro atoms. The average Bonchev–Trinajstić information content (AvgIpc) is 0.972. The molecule has 19 heteroatoms. The molecule has 98 heavy (non-hydrogen) atoms. The molecule has 5 unspecified atom stereocenters. The summed E-state index contributed by atoms with van der Waals surface area (Å²) in [5.41, 5.74) is 0. The lowest BCUT2D eigenvalue weighted by Crippen LogP contribution is -2.30. The summed E-state index contributed by atoms with van der Waals surface area (Å²) in [5.74, 6) is -2.29. The smallest absolute Gasteiger partial charge is 0.462 e. The van der Waals surface area contributed by atoms with E-state index in [0.29, 0.717) is 32.1 Å². The predicted octanol–water partition coefficient (Wildman–Crippen LogP) is 21.8. The van der Waals surface area contributed by atoms with Gasteiger partial charge in [0.15, 0.2) is 12.2 Å². The molecule has 0 aliphatic rings. The van der Waals surface area contributed by atoms with Gasteiger partial charge in [0.05, 0.1) is 26.4 Å². The summed E-state index contributed by atoms with van der Waals surface area (Å²) < 4.78 is 68.3. The predicted molar refractivity (Wildman–Crippen MR) is 399 cm³/mol. The number of phosphoric ester groups is 2. The highest BCUT2D eigenvalue weighted by Crippen LogP contribution is 2.45.